The summed E-state index contributed by atoms with van der Waals surface area (Å²) in [6.45, 7) is 7.11. The summed E-state index contributed by atoms with van der Waals surface area (Å²) in [6.07, 6.45) is -0.641. The van der Waals surface area contributed by atoms with Crippen molar-refractivity contribution in [2.75, 3.05) is 12.4 Å². The Balaban J connectivity index is 2.42. The average Bonchev–Trinajstić information content (AvgIpc) is 2.33. The molecule has 18 heavy (non-hydrogen) atoms. The van der Waals surface area contributed by atoms with Gasteiger partial charge in [-0.3, -0.25) is 0 Å². The first-order chi connectivity index (χ1) is 8.40. The monoisotopic (exact) mass is 269 g/mol. The molecule has 1 unspecified atom stereocenters. The molecule has 0 aromatic heterocycles. The van der Waals surface area contributed by atoms with E-state index in [0.717, 1.165) is 11.4 Å². The third kappa shape index (κ3) is 6.40. The van der Waals surface area contributed by atoms with E-state index in [1.165, 1.54) is 5.56 Å². The maximum Gasteiger partial charge on any atom is 0.0864 e. The molecule has 0 aliphatic rings. The van der Waals surface area contributed by atoms with Crippen LogP contribution in [0.3, 0.4) is 0 Å². The van der Waals surface area contributed by atoms with E-state index < -0.39 is 6.10 Å². The highest BCUT2D eigenvalue weighted by molar-refractivity contribution is 7.99. The van der Waals surface area contributed by atoms with Crippen molar-refractivity contribution in [3.8, 4) is 0 Å². The zero-order valence-electron chi connectivity index (χ0n) is 11.3. The van der Waals surface area contributed by atoms with Crippen LogP contribution in [-0.2, 0) is 6.54 Å². The summed E-state index contributed by atoms with van der Waals surface area (Å²) in [4.78, 5) is 1.11. The molecule has 0 saturated heterocycles. The van der Waals surface area contributed by atoms with E-state index in [9.17, 15) is 5.11 Å². The molecule has 0 aliphatic carbocycles. The molecule has 1 rings (SSSR count). The van der Waals surface area contributed by atoms with Crippen molar-refractivity contribution in [1.29, 1.82) is 0 Å². The van der Waals surface area contributed by atoms with Crippen LogP contribution >= 0.6 is 11.8 Å². The Morgan fingerprint density at radius 2 is 1.83 bits per heavy atom. The summed E-state index contributed by atoms with van der Waals surface area (Å²) in [5.74, 6) is 0.524. The van der Waals surface area contributed by atoms with Gasteiger partial charge < -0.3 is 15.5 Å². The lowest BCUT2D eigenvalue weighted by atomic mass is 10.1. The number of hydrogen-bond donors (Lipinski definition) is 3. The minimum atomic E-state index is -0.641. The molecule has 0 heterocycles. The van der Waals surface area contributed by atoms with Crippen molar-refractivity contribution in [2.45, 2.75) is 43.9 Å². The summed E-state index contributed by atoms with van der Waals surface area (Å²) >= 11 is 1.56. The number of thioether (sulfide) groups is 1. The van der Waals surface area contributed by atoms with E-state index in [1.54, 1.807) is 11.8 Å². The van der Waals surface area contributed by atoms with Crippen LogP contribution < -0.4 is 5.32 Å². The van der Waals surface area contributed by atoms with E-state index in [1.807, 2.05) is 0 Å². The van der Waals surface area contributed by atoms with Gasteiger partial charge in [0.25, 0.3) is 0 Å². The maximum atomic E-state index is 9.27. The fourth-order valence-electron chi connectivity index (χ4n) is 1.32. The van der Waals surface area contributed by atoms with Gasteiger partial charge in [0.05, 0.1) is 12.7 Å². The highest BCUT2D eigenvalue weighted by Gasteiger charge is 2.08. The first-order valence-electron chi connectivity index (χ1n) is 6.16. The standard InChI is InChI=1S/C14H23NO2S/c1-14(2,3)15-8-11-4-6-13(7-5-11)18-10-12(17)9-16/h4-7,12,15-17H,8-10H2,1-3H3. The average molecular weight is 269 g/mol. The van der Waals surface area contributed by atoms with Gasteiger partial charge in [-0.2, -0.15) is 0 Å². The Kier molecular flexibility index (Phi) is 6.15. The summed E-state index contributed by atoms with van der Waals surface area (Å²) in [5.41, 5.74) is 1.37. The number of aliphatic hydroxyl groups is 2. The smallest absolute Gasteiger partial charge is 0.0864 e. The van der Waals surface area contributed by atoms with Gasteiger partial charge in [0.1, 0.15) is 0 Å². The fraction of sp³-hybridized carbons (Fsp3) is 0.571. The van der Waals surface area contributed by atoms with Crippen molar-refractivity contribution >= 4 is 11.8 Å². The van der Waals surface area contributed by atoms with Crippen molar-refractivity contribution in [2.24, 2.45) is 0 Å². The molecule has 102 valence electrons. The molecule has 4 heteroatoms. The van der Waals surface area contributed by atoms with Crippen molar-refractivity contribution in [3.05, 3.63) is 29.8 Å². The van der Waals surface area contributed by atoms with Crippen molar-refractivity contribution in [1.82, 2.24) is 5.32 Å². The van der Waals surface area contributed by atoms with Crippen molar-refractivity contribution < 1.29 is 10.2 Å². The third-order valence-corrected chi connectivity index (χ3v) is 3.56. The number of nitrogens with one attached hydrogen (secondary N) is 1. The number of benzene rings is 1. The van der Waals surface area contributed by atoms with Crippen LogP contribution in [0.25, 0.3) is 0 Å². The van der Waals surface area contributed by atoms with E-state index in [-0.39, 0.29) is 12.1 Å². The Morgan fingerprint density at radius 3 is 2.33 bits per heavy atom. The van der Waals surface area contributed by atoms with Crippen LogP contribution in [0.5, 0.6) is 0 Å². The van der Waals surface area contributed by atoms with Crippen LogP contribution in [0.2, 0.25) is 0 Å². The van der Waals surface area contributed by atoms with Crippen LogP contribution in [-0.4, -0.2) is 34.2 Å². The fourth-order valence-corrected chi connectivity index (χ4v) is 2.13. The first kappa shape index (κ1) is 15.5. The largest absolute Gasteiger partial charge is 0.394 e. The van der Waals surface area contributed by atoms with Crippen LogP contribution in [0.1, 0.15) is 26.3 Å². The lowest BCUT2D eigenvalue weighted by molar-refractivity contribution is 0.113. The minimum absolute atomic E-state index is 0.124. The predicted octanol–water partition coefficient (Wildman–Crippen LogP) is 2.02. The van der Waals surface area contributed by atoms with Gasteiger partial charge in [0, 0.05) is 22.7 Å². The van der Waals surface area contributed by atoms with Gasteiger partial charge in [-0.15, -0.1) is 11.8 Å². The Morgan fingerprint density at radius 1 is 1.22 bits per heavy atom. The highest BCUT2D eigenvalue weighted by atomic mass is 32.2. The third-order valence-electron chi connectivity index (χ3n) is 2.40. The van der Waals surface area contributed by atoms with Crippen LogP contribution in [0.15, 0.2) is 29.2 Å². The number of hydrogen-bond acceptors (Lipinski definition) is 4. The topological polar surface area (TPSA) is 52.5 Å². The van der Waals surface area contributed by atoms with Crippen LogP contribution in [0, 0.1) is 0 Å². The number of rotatable bonds is 6. The first-order valence-corrected chi connectivity index (χ1v) is 7.15. The van der Waals surface area contributed by atoms with Gasteiger partial charge in [-0.25, -0.2) is 0 Å². The molecule has 1 aromatic rings. The van der Waals surface area contributed by atoms with Gasteiger partial charge >= 0.3 is 0 Å². The SMILES string of the molecule is CC(C)(C)NCc1ccc(SCC(O)CO)cc1. The Hall–Kier alpha value is -0.550. The van der Waals surface area contributed by atoms with Gasteiger partial charge in [-0.1, -0.05) is 12.1 Å². The summed E-state index contributed by atoms with van der Waals surface area (Å²) in [5, 5.41) is 21.4. The van der Waals surface area contributed by atoms with E-state index in [4.69, 9.17) is 5.11 Å². The predicted molar refractivity (Wildman–Crippen MR) is 76.9 cm³/mol. The Labute approximate surface area is 114 Å². The zero-order valence-corrected chi connectivity index (χ0v) is 12.1. The number of aliphatic hydroxyl groups excluding tert-OH is 2. The second-order valence-corrected chi connectivity index (χ2v) is 6.49. The Bertz CT molecular complexity index is 346. The van der Waals surface area contributed by atoms with E-state index >= 15 is 0 Å². The summed E-state index contributed by atoms with van der Waals surface area (Å²) < 4.78 is 0. The molecule has 0 bridgehead atoms. The molecule has 3 N–H and O–H groups in total. The molecule has 0 aliphatic heterocycles. The second kappa shape index (κ2) is 7.14. The molecule has 0 saturated carbocycles. The molecule has 0 radical (unpaired) electrons. The quantitative estimate of drug-likeness (QED) is 0.692. The maximum absolute atomic E-state index is 9.27. The van der Waals surface area contributed by atoms with Gasteiger partial charge in [0.2, 0.25) is 0 Å². The van der Waals surface area contributed by atoms with E-state index in [0.29, 0.717) is 5.75 Å². The molecule has 0 amide bonds. The molecular weight excluding hydrogens is 246 g/mol. The van der Waals surface area contributed by atoms with Gasteiger partial charge in [0.15, 0.2) is 0 Å². The van der Waals surface area contributed by atoms with E-state index in [2.05, 4.69) is 50.4 Å². The lowest BCUT2D eigenvalue weighted by Crippen LogP contribution is -2.35. The molecule has 1 aromatic carbocycles. The van der Waals surface area contributed by atoms with Gasteiger partial charge in [-0.05, 0) is 38.5 Å². The molecule has 0 spiro atoms. The molecular formula is C14H23NO2S. The van der Waals surface area contributed by atoms with Crippen LogP contribution in [0.4, 0.5) is 0 Å². The highest BCUT2D eigenvalue weighted by Crippen LogP contribution is 2.19. The lowest BCUT2D eigenvalue weighted by Gasteiger charge is -2.20. The van der Waals surface area contributed by atoms with Crippen molar-refractivity contribution in [3.63, 3.8) is 0 Å². The minimum Gasteiger partial charge on any atom is -0.394 e. The molecule has 3 nitrogen and oxygen atoms in total. The zero-order chi connectivity index (χ0) is 13.6. The summed E-state index contributed by atoms with van der Waals surface area (Å²) in [7, 11) is 0. The normalized spacial score (nSPS) is 13.6. The molecule has 0 fully saturated rings. The molecule has 1 atom stereocenters. The summed E-state index contributed by atoms with van der Waals surface area (Å²) in [6, 6.07) is 8.28. The second-order valence-electron chi connectivity index (χ2n) is 5.39.